The maximum Gasteiger partial charge on any atom is 0.0544 e. The molecule has 1 heteroatoms. The third kappa shape index (κ3) is 3.96. The van der Waals surface area contributed by atoms with Crippen molar-refractivity contribution in [3.8, 4) is 22.3 Å². The second-order valence-electron chi connectivity index (χ2n) is 12.8. The van der Waals surface area contributed by atoms with Gasteiger partial charge in [0.05, 0.1) is 11.0 Å². The number of hydrogen-bond donors (Lipinski definition) is 0. The van der Waals surface area contributed by atoms with E-state index < -0.39 is 0 Å². The molecule has 220 valence electrons. The van der Waals surface area contributed by atoms with Crippen molar-refractivity contribution in [2.45, 2.75) is 12.8 Å². The average Bonchev–Trinajstić information content (AvgIpc) is 3.47. The molecule has 0 fully saturated rings. The summed E-state index contributed by atoms with van der Waals surface area (Å²) < 4.78 is 2.50. The summed E-state index contributed by atoms with van der Waals surface area (Å²) in [7, 11) is 0. The summed E-state index contributed by atoms with van der Waals surface area (Å²) in [6, 6.07) is 54.1. The monoisotopic (exact) mass is 597 g/mol. The maximum atomic E-state index is 2.50. The standard InChI is InChI=1S/C46H31N/c1-2-13-34(14-3-1)47-43-21-11-10-16-37(43)38-27-25-33(29-44(38)47)46-41-19-8-6-17-39(41)45(40-18-7-9-20-42(40)46)32-24-26-36-31(28-32)23-22-30-12-4-5-15-35(30)36/h1-2,4-13,15-29H,3,14H2. The van der Waals surface area contributed by atoms with Gasteiger partial charge in [0, 0.05) is 16.5 Å². The third-order valence-electron chi connectivity index (χ3n) is 10.2. The molecule has 1 heterocycles. The van der Waals surface area contributed by atoms with Crippen LogP contribution in [0, 0.1) is 0 Å². The first-order chi connectivity index (χ1) is 23.3. The molecule has 0 saturated carbocycles. The summed E-state index contributed by atoms with van der Waals surface area (Å²) in [6.07, 6.45) is 8.87. The molecule has 0 radical (unpaired) electrons. The summed E-state index contributed by atoms with van der Waals surface area (Å²) in [5.41, 5.74) is 8.98. The average molecular weight is 598 g/mol. The molecule has 0 N–H and O–H groups in total. The number of aromatic nitrogens is 1. The molecular weight excluding hydrogens is 567 g/mol. The van der Waals surface area contributed by atoms with Crippen molar-refractivity contribution in [1.29, 1.82) is 0 Å². The maximum absolute atomic E-state index is 2.50. The smallest absolute Gasteiger partial charge is 0.0544 e. The zero-order chi connectivity index (χ0) is 30.9. The van der Waals surface area contributed by atoms with E-state index in [9.17, 15) is 0 Å². The molecular formula is C46H31N. The molecule has 47 heavy (non-hydrogen) atoms. The van der Waals surface area contributed by atoms with E-state index in [0.29, 0.717) is 0 Å². The van der Waals surface area contributed by atoms with Crippen LogP contribution < -0.4 is 0 Å². The molecule has 0 spiro atoms. The van der Waals surface area contributed by atoms with Crippen LogP contribution in [0.3, 0.4) is 0 Å². The van der Waals surface area contributed by atoms with Gasteiger partial charge in [-0.3, -0.25) is 0 Å². The summed E-state index contributed by atoms with van der Waals surface area (Å²) in [5.74, 6) is 0. The molecule has 1 aromatic heterocycles. The van der Waals surface area contributed by atoms with Crippen molar-refractivity contribution in [3.05, 3.63) is 164 Å². The van der Waals surface area contributed by atoms with Gasteiger partial charge in [0.15, 0.2) is 0 Å². The Bertz CT molecular complexity index is 2730. The fourth-order valence-electron chi connectivity index (χ4n) is 8.13. The van der Waals surface area contributed by atoms with E-state index in [-0.39, 0.29) is 0 Å². The summed E-state index contributed by atoms with van der Waals surface area (Å²) in [5, 5.41) is 12.9. The SMILES string of the molecule is C1=CCCC(n2c3ccccc3c3ccc(-c4c5ccccc5c(-c5ccc6c(ccc7ccccc76)c5)c5ccccc45)cc32)=C1. The molecule has 8 aromatic carbocycles. The molecule has 1 aliphatic carbocycles. The third-order valence-corrected chi connectivity index (χ3v) is 10.2. The van der Waals surface area contributed by atoms with E-state index >= 15 is 0 Å². The number of nitrogens with zero attached hydrogens (tertiary/aromatic N) is 1. The Hall–Kier alpha value is -5.92. The first-order valence-electron chi connectivity index (χ1n) is 16.6. The van der Waals surface area contributed by atoms with Gasteiger partial charge in [-0.2, -0.15) is 0 Å². The van der Waals surface area contributed by atoms with Gasteiger partial charge in [-0.05, 0) is 102 Å². The zero-order valence-electron chi connectivity index (χ0n) is 25.9. The molecule has 0 saturated heterocycles. The Balaban J connectivity index is 1.26. The topological polar surface area (TPSA) is 4.93 Å². The quantitative estimate of drug-likeness (QED) is 0.141. The molecule has 0 unspecified atom stereocenters. The van der Waals surface area contributed by atoms with Crippen molar-refractivity contribution in [3.63, 3.8) is 0 Å². The van der Waals surface area contributed by atoms with E-state index in [1.165, 1.54) is 92.8 Å². The first-order valence-corrected chi connectivity index (χ1v) is 16.6. The van der Waals surface area contributed by atoms with Gasteiger partial charge < -0.3 is 4.57 Å². The molecule has 0 amide bonds. The van der Waals surface area contributed by atoms with E-state index in [1.54, 1.807) is 0 Å². The number of para-hydroxylation sites is 1. The van der Waals surface area contributed by atoms with Crippen molar-refractivity contribution < 1.29 is 0 Å². The largest absolute Gasteiger partial charge is 0.313 e. The lowest BCUT2D eigenvalue weighted by Crippen LogP contribution is -1.99. The first kappa shape index (κ1) is 26.3. The molecule has 0 aliphatic heterocycles. The van der Waals surface area contributed by atoms with Gasteiger partial charge in [0.25, 0.3) is 0 Å². The van der Waals surface area contributed by atoms with Gasteiger partial charge in [-0.25, -0.2) is 0 Å². The predicted molar refractivity (Wildman–Crippen MR) is 203 cm³/mol. The van der Waals surface area contributed by atoms with E-state index in [4.69, 9.17) is 0 Å². The van der Waals surface area contributed by atoms with Gasteiger partial charge in [0.2, 0.25) is 0 Å². The minimum atomic E-state index is 1.04. The number of allylic oxidation sites excluding steroid dienone is 4. The highest BCUT2D eigenvalue weighted by Crippen LogP contribution is 2.45. The number of hydrogen-bond acceptors (Lipinski definition) is 0. The number of benzene rings is 8. The fourth-order valence-corrected chi connectivity index (χ4v) is 8.13. The van der Waals surface area contributed by atoms with E-state index in [0.717, 1.165) is 12.8 Å². The Labute approximate surface area is 273 Å². The van der Waals surface area contributed by atoms with Crippen molar-refractivity contribution in [2.75, 3.05) is 0 Å². The van der Waals surface area contributed by atoms with Gasteiger partial charge in [-0.15, -0.1) is 0 Å². The lowest BCUT2D eigenvalue weighted by Gasteiger charge is -2.19. The van der Waals surface area contributed by atoms with Crippen LogP contribution in [0.2, 0.25) is 0 Å². The van der Waals surface area contributed by atoms with Crippen LogP contribution in [0.4, 0.5) is 0 Å². The molecule has 10 rings (SSSR count). The normalized spacial score (nSPS) is 13.4. The van der Waals surface area contributed by atoms with Crippen LogP contribution in [0.1, 0.15) is 12.8 Å². The summed E-state index contributed by atoms with van der Waals surface area (Å²) >= 11 is 0. The van der Waals surface area contributed by atoms with Crippen LogP contribution in [0.25, 0.3) is 92.8 Å². The molecule has 1 aliphatic rings. The highest BCUT2D eigenvalue weighted by Gasteiger charge is 2.19. The van der Waals surface area contributed by atoms with Crippen molar-refractivity contribution in [1.82, 2.24) is 4.57 Å². The lowest BCUT2D eigenvalue weighted by molar-refractivity contribution is 0.979. The molecule has 0 bridgehead atoms. The van der Waals surface area contributed by atoms with Gasteiger partial charge in [0.1, 0.15) is 0 Å². The lowest BCUT2D eigenvalue weighted by atomic mass is 9.85. The fraction of sp³-hybridized carbons (Fsp3) is 0.0435. The second kappa shape index (κ2) is 10.3. The van der Waals surface area contributed by atoms with Crippen molar-refractivity contribution in [2.24, 2.45) is 0 Å². The number of fused-ring (bicyclic) bond motifs is 8. The van der Waals surface area contributed by atoms with Gasteiger partial charge in [-0.1, -0.05) is 140 Å². The van der Waals surface area contributed by atoms with Crippen LogP contribution >= 0.6 is 0 Å². The Kier molecular flexibility index (Phi) is 5.77. The molecule has 9 aromatic rings. The Morgan fingerprint density at radius 2 is 0.936 bits per heavy atom. The van der Waals surface area contributed by atoms with E-state index in [1.807, 2.05) is 0 Å². The summed E-state index contributed by atoms with van der Waals surface area (Å²) in [6.45, 7) is 0. The highest BCUT2D eigenvalue weighted by molar-refractivity contribution is 6.23. The molecule has 1 nitrogen and oxygen atoms in total. The summed E-state index contributed by atoms with van der Waals surface area (Å²) in [4.78, 5) is 0. The predicted octanol–water partition coefficient (Wildman–Crippen LogP) is 12.9. The highest BCUT2D eigenvalue weighted by atomic mass is 15.0. The number of rotatable bonds is 3. The second-order valence-corrected chi connectivity index (χ2v) is 12.8. The minimum Gasteiger partial charge on any atom is -0.313 e. The van der Waals surface area contributed by atoms with Crippen molar-refractivity contribution >= 4 is 70.6 Å². The van der Waals surface area contributed by atoms with E-state index in [2.05, 4.69) is 168 Å². The Morgan fingerprint density at radius 1 is 0.404 bits per heavy atom. The van der Waals surface area contributed by atoms with Gasteiger partial charge >= 0.3 is 0 Å². The van der Waals surface area contributed by atoms with Crippen LogP contribution in [-0.2, 0) is 0 Å². The minimum absolute atomic E-state index is 1.04. The van der Waals surface area contributed by atoms with Crippen LogP contribution in [0.15, 0.2) is 164 Å². The van der Waals surface area contributed by atoms with Crippen LogP contribution in [0.5, 0.6) is 0 Å². The molecule has 0 atom stereocenters. The zero-order valence-corrected chi connectivity index (χ0v) is 25.9. The van der Waals surface area contributed by atoms with Crippen LogP contribution in [-0.4, -0.2) is 4.57 Å². The Morgan fingerprint density at radius 3 is 1.62 bits per heavy atom.